The van der Waals surface area contributed by atoms with Crippen molar-refractivity contribution in [3.63, 3.8) is 0 Å². The van der Waals surface area contributed by atoms with Gasteiger partial charge in [0.2, 0.25) is 0 Å². The van der Waals surface area contributed by atoms with Crippen molar-refractivity contribution in [2.24, 2.45) is 11.1 Å². The Balaban J connectivity index is 2.82. The molecule has 6 heteroatoms. The molecule has 0 aliphatic heterocycles. The van der Waals surface area contributed by atoms with E-state index in [-0.39, 0.29) is 5.91 Å². The number of amides is 1. The number of nitrogens with two attached hydrogens (primary N) is 1. The molecule has 1 aromatic carbocycles. The highest BCUT2D eigenvalue weighted by Gasteiger charge is 2.23. The molecule has 19 heavy (non-hydrogen) atoms. The molecule has 0 saturated carbocycles. The molecule has 1 amide bonds. The van der Waals surface area contributed by atoms with Crippen molar-refractivity contribution in [2.45, 2.75) is 13.8 Å². The first kappa shape index (κ1) is 15.7. The zero-order chi connectivity index (χ0) is 14.6. The van der Waals surface area contributed by atoms with E-state index in [2.05, 4.69) is 5.32 Å². The van der Waals surface area contributed by atoms with E-state index >= 15 is 0 Å². The lowest BCUT2D eigenvalue weighted by Crippen LogP contribution is -2.41. The maximum atomic E-state index is 12.1. The minimum Gasteiger partial charge on any atom is -0.496 e. The zero-order valence-electron chi connectivity index (χ0n) is 11.1. The van der Waals surface area contributed by atoms with E-state index in [1.54, 1.807) is 18.2 Å². The van der Waals surface area contributed by atoms with Crippen LogP contribution in [0.25, 0.3) is 0 Å². The fourth-order valence-corrected chi connectivity index (χ4v) is 1.57. The van der Waals surface area contributed by atoms with Crippen molar-refractivity contribution >= 4 is 34.7 Å². The van der Waals surface area contributed by atoms with E-state index in [0.717, 1.165) is 0 Å². The van der Waals surface area contributed by atoms with Crippen molar-refractivity contribution in [3.05, 3.63) is 28.8 Å². The highest BCUT2D eigenvalue weighted by Crippen LogP contribution is 2.23. The van der Waals surface area contributed by atoms with Gasteiger partial charge in [0, 0.05) is 17.0 Å². The SMILES string of the molecule is COc1cc(Cl)ccc1C(=O)NCC(C)(C)C(N)=S. The first-order valence-electron chi connectivity index (χ1n) is 5.69. The number of methoxy groups -OCH3 is 1. The van der Waals surface area contributed by atoms with Gasteiger partial charge in [0.1, 0.15) is 5.75 Å². The van der Waals surface area contributed by atoms with Crippen LogP contribution < -0.4 is 15.8 Å². The Labute approximate surface area is 123 Å². The van der Waals surface area contributed by atoms with Crippen molar-refractivity contribution in [3.8, 4) is 5.75 Å². The molecule has 0 saturated heterocycles. The quantitative estimate of drug-likeness (QED) is 0.820. The normalized spacial score (nSPS) is 10.9. The first-order chi connectivity index (χ1) is 8.77. The third kappa shape index (κ3) is 4.08. The van der Waals surface area contributed by atoms with Crippen LogP contribution in [0.1, 0.15) is 24.2 Å². The van der Waals surface area contributed by atoms with E-state index in [4.69, 9.17) is 34.3 Å². The van der Waals surface area contributed by atoms with Crippen LogP contribution in [-0.2, 0) is 0 Å². The molecular weight excluding hydrogens is 284 g/mol. The molecule has 0 fully saturated rings. The molecule has 1 aromatic rings. The van der Waals surface area contributed by atoms with E-state index in [9.17, 15) is 4.79 Å². The summed E-state index contributed by atoms with van der Waals surface area (Å²) in [4.78, 5) is 12.4. The number of ether oxygens (including phenoxy) is 1. The van der Waals surface area contributed by atoms with Gasteiger partial charge in [-0.15, -0.1) is 0 Å². The minimum atomic E-state index is -0.440. The van der Waals surface area contributed by atoms with Crippen LogP contribution in [0.2, 0.25) is 5.02 Å². The number of carbonyl (C=O) groups is 1. The summed E-state index contributed by atoms with van der Waals surface area (Å²) in [7, 11) is 1.49. The number of carbonyl (C=O) groups excluding carboxylic acids is 1. The molecule has 0 heterocycles. The monoisotopic (exact) mass is 300 g/mol. The van der Waals surface area contributed by atoms with E-state index in [0.29, 0.717) is 27.9 Å². The van der Waals surface area contributed by atoms with Crippen LogP contribution in [0.3, 0.4) is 0 Å². The van der Waals surface area contributed by atoms with Gasteiger partial charge in [-0.2, -0.15) is 0 Å². The number of hydrogen-bond acceptors (Lipinski definition) is 3. The number of benzene rings is 1. The third-order valence-electron chi connectivity index (χ3n) is 2.77. The Hall–Kier alpha value is -1.33. The number of rotatable bonds is 5. The van der Waals surface area contributed by atoms with Gasteiger partial charge in [-0.05, 0) is 18.2 Å². The second-order valence-corrected chi connectivity index (χ2v) is 5.65. The molecule has 4 nitrogen and oxygen atoms in total. The van der Waals surface area contributed by atoms with Gasteiger partial charge >= 0.3 is 0 Å². The highest BCUT2D eigenvalue weighted by molar-refractivity contribution is 7.80. The highest BCUT2D eigenvalue weighted by atomic mass is 35.5. The topological polar surface area (TPSA) is 64.3 Å². The van der Waals surface area contributed by atoms with E-state index in [1.807, 2.05) is 13.8 Å². The van der Waals surface area contributed by atoms with Crippen molar-refractivity contribution in [1.82, 2.24) is 5.32 Å². The molecule has 0 aromatic heterocycles. The summed E-state index contributed by atoms with van der Waals surface area (Å²) in [5, 5.41) is 3.30. The molecule has 0 spiro atoms. The molecule has 1 rings (SSSR count). The van der Waals surface area contributed by atoms with Gasteiger partial charge < -0.3 is 15.8 Å². The summed E-state index contributed by atoms with van der Waals surface area (Å²) in [5.41, 5.74) is 5.59. The summed E-state index contributed by atoms with van der Waals surface area (Å²) >= 11 is 10.8. The standard InChI is InChI=1S/C13H17ClN2O2S/c1-13(2,12(15)19)7-16-11(17)9-5-4-8(14)6-10(9)18-3/h4-6H,7H2,1-3H3,(H2,15,19)(H,16,17). The Morgan fingerprint density at radius 2 is 2.16 bits per heavy atom. The average Bonchev–Trinajstić information content (AvgIpc) is 2.35. The summed E-state index contributed by atoms with van der Waals surface area (Å²) in [6, 6.07) is 4.84. The van der Waals surface area contributed by atoms with Crippen molar-refractivity contribution in [1.29, 1.82) is 0 Å². The summed E-state index contributed by atoms with van der Waals surface area (Å²) in [6.45, 7) is 4.09. The Morgan fingerprint density at radius 1 is 1.53 bits per heavy atom. The average molecular weight is 301 g/mol. The molecule has 3 N–H and O–H groups in total. The van der Waals surface area contributed by atoms with Crippen LogP contribution in [0.15, 0.2) is 18.2 Å². The van der Waals surface area contributed by atoms with Crippen LogP contribution in [-0.4, -0.2) is 24.6 Å². The van der Waals surface area contributed by atoms with Crippen LogP contribution in [0.4, 0.5) is 0 Å². The lowest BCUT2D eigenvalue weighted by atomic mass is 9.93. The van der Waals surface area contributed by atoms with Gasteiger partial charge in [-0.1, -0.05) is 37.7 Å². The zero-order valence-corrected chi connectivity index (χ0v) is 12.7. The molecule has 0 bridgehead atoms. The molecule has 0 aliphatic rings. The Bertz CT molecular complexity index is 503. The van der Waals surface area contributed by atoms with Crippen molar-refractivity contribution in [2.75, 3.05) is 13.7 Å². The first-order valence-corrected chi connectivity index (χ1v) is 6.48. The molecular formula is C13H17ClN2O2S. The molecule has 0 atom stereocenters. The fraction of sp³-hybridized carbons (Fsp3) is 0.385. The minimum absolute atomic E-state index is 0.252. The number of thiocarbonyl (C=S) groups is 1. The molecule has 0 radical (unpaired) electrons. The second-order valence-electron chi connectivity index (χ2n) is 4.78. The lowest BCUT2D eigenvalue weighted by molar-refractivity contribution is 0.0942. The Kier molecular flexibility index (Phi) is 5.14. The van der Waals surface area contributed by atoms with Gasteiger partial charge in [-0.3, -0.25) is 4.79 Å². The summed E-state index contributed by atoms with van der Waals surface area (Å²) in [6.07, 6.45) is 0. The van der Waals surface area contributed by atoms with Gasteiger partial charge in [-0.25, -0.2) is 0 Å². The third-order valence-corrected chi connectivity index (χ3v) is 3.55. The largest absolute Gasteiger partial charge is 0.496 e. The van der Waals surface area contributed by atoms with Crippen LogP contribution >= 0.6 is 23.8 Å². The molecule has 0 aliphatic carbocycles. The predicted molar refractivity (Wildman–Crippen MR) is 80.9 cm³/mol. The number of halogens is 1. The Morgan fingerprint density at radius 3 is 2.68 bits per heavy atom. The maximum absolute atomic E-state index is 12.1. The second kappa shape index (κ2) is 6.21. The summed E-state index contributed by atoms with van der Waals surface area (Å²) in [5.74, 6) is 0.177. The maximum Gasteiger partial charge on any atom is 0.255 e. The fourth-order valence-electron chi connectivity index (χ4n) is 1.34. The van der Waals surface area contributed by atoms with Crippen molar-refractivity contribution < 1.29 is 9.53 Å². The number of nitrogens with one attached hydrogen (secondary N) is 1. The lowest BCUT2D eigenvalue weighted by Gasteiger charge is -2.23. The molecule has 104 valence electrons. The number of hydrogen-bond donors (Lipinski definition) is 2. The predicted octanol–water partition coefficient (Wildman–Crippen LogP) is 2.39. The molecule has 0 unspecified atom stereocenters. The van der Waals surface area contributed by atoms with Gasteiger partial charge in [0.25, 0.3) is 5.91 Å². The van der Waals surface area contributed by atoms with E-state index < -0.39 is 5.41 Å². The van der Waals surface area contributed by atoms with Crippen LogP contribution in [0.5, 0.6) is 5.75 Å². The van der Waals surface area contributed by atoms with Gasteiger partial charge in [0.15, 0.2) is 0 Å². The van der Waals surface area contributed by atoms with Gasteiger partial charge in [0.05, 0.1) is 17.7 Å². The van der Waals surface area contributed by atoms with E-state index in [1.165, 1.54) is 7.11 Å². The summed E-state index contributed by atoms with van der Waals surface area (Å²) < 4.78 is 5.13. The smallest absolute Gasteiger partial charge is 0.255 e. The van der Waals surface area contributed by atoms with Crippen LogP contribution in [0, 0.1) is 5.41 Å².